The number of benzene rings is 1. The first-order valence-corrected chi connectivity index (χ1v) is 6.90. The summed E-state index contributed by atoms with van der Waals surface area (Å²) in [5.74, 6) is 0.150. The van der Waals surface area contributed by atoms with Gasteiger partial charge in [-0.3, -0.25) is 4.79 Å². The molecule has 0 spiro atoms. The minimum atomic E-state index is 0.150. The Morgan fingerprint density at radius 1 is 1.06 bits per heavy atom. The van der Waals surface area contributed by atoms with Crippen molar-refractivity contribution in [1.29, 1.82) is 0 Å². The molecule has 1 radical (unpaired) electrons. The second kappa shape index (κ2) is 7.91. The highest BCUT2D eigenvalue weighted by molar-refractivity contribution is 5.94. The summed E-state index contributed by atoms with van der Waals surface area (Å²) in [6, 6.07) is 7.53. The van der Waals surface area contributed by atoms with Crippen LogP contribution in [0.3, 0.4) is 0 Å². The Kier molecular flexibility index (Phi) is 6.48. The van der Waals surface area contributed by atoms with Crippen LogP contribution < -0.4 is 0 Å². The third-order valence-electron chi connectivity index (χ3n) is 3.05. The quantitative estimate of drug-likeness (QED) is 0.714. The lowest BCUT2D eigenvalue weighted by molar-refractivity contribution is 0.0751. The van der Waals surface area contributed by atoms with E-state index in [0.29, 0.717) is 0 Å². The number of carbonyl (C=O) groups is 1. The first kappa shape index (κ1) is 14.7. The van der Waals surface area contributed by atoms with E-state index < -0.39 is 0 Å². The molecule has 0 N–H and O–H groups in total. The summed E-state index contributed by atoms with van der Waals surface area (Å²) in [6.07, 6.45) is 4.38. The van der Waals surface area contributed by atoms with E-state index in [-0.39, 0.29) is 5.91 Å². The van der Waals surface area contributed by atoms with E-state index in [9.17, 15) is 4.79 Å². The maximum absolute atomic E-state index is 12.4. The van der Waals surface area contributed by atoms with E-state index in [0.717, 1.165) is 49.9 Å². The summed E-state index contributed by atoms with van der Waals surface area (Å²) in [7, 11) is 0. The first-order chi connectivity index (χ1) is 8.69. The summed E-state index contributed by atoms with van der Waals surface area (Å²) < 4.78 is 0. The topological polar surface area (TPSA) is 20.3 Å². The predicted molar refractivity (Wildman–Crippen MR) is 76.6 cm³/mol. The number of rotatable bonds is 7. The Bertz CT molecular complexity index is 348. The van der Waals surface area contributed by atoms with Crippen molar-refractivity contribution in [2.24, 2.45) is 0 Å². The molecule has 0 saturated heterocycles. The van der Waals surface area contributed by atoms with Crippen LogP contribution in [0.1, 0.15) is 55.5 Å². The molecule has 0 bridgehead atoms. The standard InChI is InChI=1S/C16H24NO/c1-4-6-12-17(13-7-5-2)16(18)15-10-8-14(3)9-11-15/h8-11H,3-7,12-13H2,1-2H3. The van der Waals surface area contributed by atoms with Crippen LogP contribution in [0.4, 0.5) is 0 Å². The largest absolute Gasteiger partial charge is 0.339 e. The average Bonchev–Trinajstić information content (AvgIpc) is 2.39. The SMILES string of the molecule is [CH2]c1ccc(C(=O)N(CCCC)CCCC)cc1. The number of hydrogen-bond donors (Lipinski definition) is 0. The fourth-order valence-electron chi connectivity index (χ4n) is 1.84. The van der Waals surface area contributed by atoms with E-state index >= 15 is 0 Å². The lowest BCUT2D eigenvalue weighted by atomic mass is 10.1. The van der Waals surface area contributed by atoms with Crippen LogP contribution in [0.5, 0.6) is 0 Å². The molecular formula is C16H24NO. The molecule has 2 nitrogen and oxygen atoms in total. The molecule has 0 atom stereocenters. The maximum Gasteiger partial charge on any atom is 0.253 e. The number of amides is 1. The molecule has 0 aliphatic carbocycles. The van der Waals surface area contributed by atoms with Gasteiger partial charge in [0.25, 0.3) is 5.91 Å². The van der Waals surface area contributed by atoms with Crippen LogP contribution in [0.25, 0.3) is 0 Å². The van der Waals surface area contributed by atoms with E-state index in [1.54, 1.807) is 0 Å². The second-order valence-electron chi connectivity index (χ2n) is 4.70. The summed E-state index contributed by atoms with van der Waals surface area (Å²) in [4.78, 5) is 14.4. The molecular weight excluding hydrogens is 222 g/mol. The van der Waals surface area contributed by atoms with Crippen LogP contribution >= 0.6 is 0 Å². The number of unbranched alkanes of at least 4 members (excludes halogenated alkanes) is 2. The van der Waals surface area contributed by atoms with Crippen molar-refractivity contribution in [3.05, 3.63) is 42.3 Å². The Hall–Kier alpha value is -1.31. The number of carbonyl (C=O) groups excluding carboxylic acids is 1. The van der Waals surface area contributed by atoms with Crippen LogP contribution in [0.15, 0.2) is 24.3 Å². The van der Waals surface area contributed by atoms with E-state index in [2.05, 4.69) is 20.8 Å². The van der Waals surface area contributed by atoms with Crippen molar-refractivity contribution >= 4 is 5.91 Å². The molecule has 0 heterocycles. The monoisotopic (exact) mass is 246 g/mol. The number of hydrogen-bond acceptors (Lipinski definition) is 1. The normalized spacial score (nSPS) is 10.4. The summed E-state index contributed by atoms with van der Waals surface area (Å²) >= 11 is 0. The third kappa shape index (κ3) is 4.52. The molecule has 1 rings (SSSR count). The van der Waals surface area contributed by atoms with Crippen LogP contribution in [-0.2, 0) is 0 Å². The van der Waals surface area contributed by atoms with Gasteiger partial charge in [0.2, 0.25) is 0 Å². The molecule has 0 fully saturated rings. The molecule has 0 unspecified atom stereocenters. The van der Waals surface area contributed by atoms with Crippen molar-refractivity contribution in [2.75, 3.05) is 13.1 Å². The second-order valence-corrected chi connectivity index (χ2v) is 4.70. The van der Waals surface area contributed by atoms with Crippen molar-refractivity contribution in [3.8, 4) is 0 Å². The van der Waals surface area contributed by atoms with Crippen LogP contribution in [0.2, 0.25) is 0 Å². The van der Waals surface area contributed by atoms with Gasteiger partial charge >= 0.3 is 0 Å². The lowest BCUT2D eigenvalue weighted by Gasteiger charge is -2.22. The summed E-state index contributed by atoms with van der Waals surface area (Å²) in [5, 5.41) is 0. The number of nitrogens with zero attached hydrogens (tertiary/aromatic N) is 1. The predicted octanol–water partition coefficient (Wildman–Crippen LogP) is 3.91. The van der Waals surface area contributed by atoms with Crippen molar-refractivity contribution < 1.29 is 4.79 Å². The van der Waals surface area contributed by atoms with Gasteiger partial charge in [0.1, 0.15) is 0 Å². The first-order valence-electron chi connectivity index (χ1n) is 6.90. The summed E-state index contributed by atoms with van der Waals surface area (Å²) in [6.45, 7) is 9.87. The van der Waals surface area contributed by atoms with Gasteiger partial charge in [0, 0.05) is 18.7 Å². The molecule has 18 heavy (non-hydrogen) atoms. The van der Waals surface area contributed by atoms with Gasteiger partial charge in [0.15, 0.2) is 0 Å². The Morgan fingerprint density at radius 3 is 2.00 bits per heavy atom. The molecule has 0 aromatic heterocycles. The lowest BCUT2D eigenvalue weighted by Crippen LogP contribution is -2.32. The van der Waals surface area contributed by atoms with Crippen molar-refractivity contribution in [1.82, 2.24) is 4.90 Å². The highest BCUT2D eigenvalue weighted by atomic mass is 16.2. The van der Waals surface area contributed by atoms with Crippen LogP contribution in [0, 0.1) is 6.92 Å². The molecule has 1 amide bonds. The third-order valence-corrected chi connectivity index (χ3v) is 3.05. The Morgan fingerprint density at radius 2 is 1.56 bits per heavy atom. The fraction of sp³-hybridized carbons (Fsp3) is 0.500. The minimum Gasteiger partial charge on any atom is -0.339 e. The van der Waals surface area contributed by atoms with Gasteiger partial charge in [-0.1, -0.05) is 38.8 Å². The van der Waals surface area contributed by atoms with E-state index in [1.165, 1.54) is 0 Å². The van der Waals surface area contributed by atoms with Gasteiger partial charge in [-0.05, 0) is 37.5 Å². The minimum absolute atomic E-state index is 0.150. The zero-order valence-corrected chi connectivity index (χ0v) is 11.6. The smallest absolute Gasteiger partial charge is 0.253 e. The van der Waals surface area contributed by atoms with Gasteiger partial charge in [0.05, 0.1) is 0 Å². The Labute approximate surface area is 111 Å². The Balaban J connectivity index is 2.70. The molecule has 1 aromatic rings. The zero-order chi connectivity index (χ0) is 13.4. The zero-order valence-electron chi connectivity index (χ0n) is 11.6. The van der Waals surface area contributed by atoms with Gasteiger partial charge < -0.3 is 4.90 Å². The molecule has 0 aliphatic heterocycles. The van der Waals surface area contributed by atoms with E-state index in [1.807, 2.05) is 29.2 Å². The highest BCUT2D eigenvalue weighted by Gasteiger charge is 2.14. The molecule has 99 valence electrons. The maximum atomic E-state index is 12.4. The fourth-order valence-corrected chi connectivity index (χ4v) is 1.84. The van der Waals surface area contributed by atoms with Gasteiger partial charge in [-0.25, -0.2) is 0 Å². The van der Waals surface area contributed by atoms with E-state index in [4.69, 9.17) is 0 Å². The molecule has 0 saturated carbocycles. The van der Waals surface area contributed by atoms with Crippen molar-refractivity contribution in [2.45, 2.75) is 39.5 Å². The molecule has 0 aliphatic rings. The average molecular weight is 246 g/mol. The van der Waals surface area contributed by atoms with Crippen LogP contribution in [-0.4, -0.2) is 23.9 Å². The van der Waals surface area contributed by atoms with Gasteiger partial charge in [-0.15, -0.1) is 0 Å². The summed E-state index contributed by atoms with van der Waals surface area (Å²) in [5.41, 5.74) is 1.72. The molecule has 1 aromatic carbocycles. The highest BCUT2D eigenvalue weighted by Crippen LogP contribution is 2.09. The van der Waals surface area contributed by atoms with Gasteiger partial charge in [-0.2, -0.15) is 0 Å². The molecule has 2 heteroatoms. The van der Waals surface area contributed by atoms with Crippen molar-refractivity contribution in [3.63, 3.8) is 0 Å².